The quantitative estimate of drug-likeness (QED) is 0.399. The van der Waals surface area contributed by atoms with Crippen LogP contribution >= 0.6 is 51.3 Å². The van der Waals surface area contributed by atoms with Gasteiger partial charge in [0, 0.05) is 9.50 Å². The van der Waals surface area contributed by atoms with Crippen molar-refractivity contribution in [2.45, 2.75) is 6.92 Å². The highest BCUT2D eigenvalue weighted by Crippen LogP contribution is 2.27. The molecule has 11 heteroatoms. The van der Waals surface area contributed by atoms with E-state index >= 15 is 0 Å². The SMILES string of the molecule is Cc1cc(OCC(=O)NC(=S)NNC(=O)COc2ccc(Cl)cc2Cl)ccc1Br. The number of hydrogen-bond donors (Lipinski definition) is 3. The van der Waals surface area contributed by atoms with Gasteiger partial charge in [-0.05, 0) is 61.1 Å². The average molecular weight is 521 g/mol. The van der Waals surface area contributed by atoms with Crippen molar-refractivity contribution in [1.82, 2.24) is 16.2 Å². The molecular weight excluding hydrogens is 505 g/mol. The van der Waals surface area contributed by atoms with Crippen LogP contribution in [-0.2, 0) is 9.59 Å². The highest BCUT2D eigenvalue weighted by atomic mass is 79.9. The molecule has 0 heterocycles. The lowest BCUT2D eigenvalue weighted by molar-refractivity contribution is -0.124. The fraction of sp³-hybridized carbons (Fsp3) is 0.167. The minimum atomic E-state index is -0.533. The van der Waals surface area contributed by atoms with Crippen molar-refractivity contribution < 1.29 is 19.1 Å². The van der Waals surface area contributed by atoms with Gasteiger partial charge in [-0.25, -0.2) is 0 Å². The summed E-state index contributed by atoms with van der Waals surface area (Å²) in [6.45, 7) is 1.34. The molecule has 0 bridgehead atoms. The minimum absolute atomic E-state index is 0.0940. The van der Waals surface area contributed by atoms with E-state index in [0.29, 0.717) is 16.5 Å². The molecule has 29 heavy (non-hydrogen) atoms. The summed E-state index contributed by atoms with van der Waals surface area (Å²) in [6.07, 6.45) is 0. The third kappa shape index (κ3) is 8.06. The third-order valence-corrected chi connectivity index (χ3v) is 4.94. The number of aryl methyl sites for hydroxylation is 1. The fourth-order valence-corrected chi connectivity index (χ4v) is 2.82. The molecule has 2 amide bonds. The number of amides is 2. The van der Waals surface area contributed by atoms with Crippen molar-refractivity contribution >= 4 is 68.3 Å². The van der Waals surface area contributed by atoms with Gasteiger partial charge in [0.1, 0.15) is 11.5 Å². The number of benzene rings is 2. The molecule has 0 fully saturated rings. The molecule has 0 aliphatic heterocycles. The van der Waals surface area contributed by atoms with Gasteiger partial charge in [-0.3, -0.25) is 25.8 Å². The summed E-state index contributed by atoms with van der Waals surface area (Å²) >= 11 is 20.1. The molecule has 0 radical (unpaired) electrons. The molecule has 0 aromatic heterocycles. The molecule has 0 atom stereocenters. The molecule has 154 valence electrons. The second kappa shape index (κ2) is 11.2. The summed E-state index contributed by atoms with van der Waals surface area (Å²) < 4.78 is 11.6. The Morgan fingerprint density at radius 3 is 2.45 bits per heavy atom. The normalized spacial score (nSPS) is 10.1. The number of ether oxygens (including phenoxy) is 2. The van der Waals surface area contributed by atoms with E-state index in [4.69, 9.17) is 44.9 Å². The summed E-state index contributed by atoms with van der Waals surface area (Å²) in [7, 11) is 0. The molecule has 0 unspecified atom stereocenters. The Kier molecular flexibility index (Phi) is 8.97. The van der Waals surface area contributed by atoms with Gasteiger partial charge in [0.15, 0.2) is 18.3 Å². The molecule has 2 rings (SSSR count). The molecule has 2 aromatic carbocycles. The molecule has 0 spiro atoms. The lowest BCUT2D eigenvalue weighted by Gasteiger charge is -2.12. The van der Waals surface area contributed by atoms with Crippen LogP contribution < -0.4 is 25.6 Å². The number of thiocarbonyl (C=S) groups is 1. The Balaban J connectivity index is 1.68. The highest BCUT2D eigenvalue weighted by molar-refractivity contribution is 9.10. The molecule has 7 nitrogen and oxygen atoms in total. The van der Waals surface area contributed by atoms with Gasteiger partial charge in [-0.2, -0.15) is 0 Å². The van der Waals surface area contributed by atoms with Crippen LogP contribution in [0.4, 0.5) is 0 Å². The maximum atomic E-state index is 11.9. The van der Waals surface area contributed by atoms with Crippen molar-refractivity contribution in [2.75, 3.05) is 13.2 Å². The van der Waals surface area contributed by atoms with Crippen molar-refractivity contribution in [1.29, 1.82) is 0 Å². The minimum Gasteiger partial charge on any atom is -0.484 e. The van der Waals surface area contributed by atoms with Crippen LogP contribution in [0.3, 0.4) is 0 Å². The van der Waals surface area contributed by atoms with Crippen molar-refractivity contribution in [3.8, 4) is 11.5 Å². The first kappa shape index (κ1) is 23.2. The van der Waals surface area contributed by atoms with Crippen LogP contribution in [0.5, 0.6) is 11.5 Å². The van der Waals surface area contributed by atoms with Crippen LogP contribution in [0.1, 0.15) is 5.56 Å². The van der Waals surface area contributed by atoms with Gasteiger partial charge in [0.05, 0.1) is 5.02 Å². The average Bonchev–Trinajstić information content (AvgIpc) is 2.66. The van der Waals surface area contributed by atoms with E-state index in [-0.39, 0.29) is 23.3 Å². The second-order valence-corrected chi connectivity index (χ2v) is 7.72. The molecule has 2 aromatic rings. The topological polar surface area (TPSA) is 88.7 Å². The Bertz CT molecular complexity index is 930. The van der Waals surface area contributed by atoms with Crippen LogP contribution in [0, 0.1) is 6.92 Å². The molecular formula is C18H16BrCl2N3O4S. The maximum absolute atomic E-state index is 11.9. The standard InChI is InChI=1S/C18H16BrCl2N3O4S/c1-10-6-12(3-4-13(10)19)27-8-16(25)22-18(29)24-23-17(26)9-28-15-5-2-11(20)7-14(15)21/h2-7H,8-9H2,1H3,(H,23,26)(H2,22,24,25,29). The van der Waals surface area contributed by atoms with E-state index in [0.717, 1.165) is 10.0 Å². The van der Waals surface area contributed by atoms with Gasteiger partial charge in [-0.1, -0.05) is 39.1 Å². The second-order valence-electron chi connectivity index (χ2n) is 5.61. The summed E-state index contributed by atoms with van der Waals surface area (Å²) in [5.41, 5.74) is 5.66. The predicted molar refractivity (Wildman–Crippen MR) is 118 cm³/mol. The van der Waals surface area contributed by atoms with Gasteiger partial charge in [-0.15, -0.1) is 0 Å². The predicted octanol–water partition coefficient (Wildman–Crippen LogP) is 3.54. The van der Waals surface area contributed by atoms with Crippen molar-refractivity contribution in [3.05, 3.63) is 56.5 Å². The zero-order chi connectivity index (χ0) is 21.4. The lowest BCUT2D eigenvalue weighted by Crippen LogP contribution is -2.50. The molecule has 0 saturated heterocycles. The third-order valence-electron chi connectivity index (χ3n) is 3.32. The Hall–Kier alpha value is -2.07. The van der Waals surface area contributed by atoms with Gasteiger partial charge in [0.2, 0.25) is 0 Å². The van der Waals surface area contributed by atoms with Gasteiger partial charge >= 0.3 is 0 Å². The fourth-order valence-electron chi connectivity index (χ4n) is 1.95. The lowest BCUT2D eigenvalue weighted by atomic mass is 10.2. The number of nitrogens with one attached hydrogen (secondary N) is 3. The highest BCUT2D eigenvalue weighted by Gasteiger charge is 2.09. The Morgan fingerprint density at radius 1 is 1.03 bits per heavy atom. The van der Waals surface area contributed by atoms with Crippen molar-refractivity contribution in [2.24, 2.45) is 0 Å². The van der Waals surface area contributed by atoms with Crippen LogP contribution in [0.25, 0.3) is 0 Å². The zero-order valence-corrected chi connectivity index (χ0v) is 19.0. The number of hydrazine groups is 1. The van der Waals surface area contributed by atoms with Gasteiger partial charge in [0.25, 0.3) is 11.8 Å². The Labute approximate surface area is 191 Å². The summed E-state index contributed by atoms with van der Waals surface area (Å²) in [5.74, 6) is -0.163. The van der Waals surface area contributed by atoms with E-state index in [1.54, 1.807) is 24.3 Å². The number of carbonyl (C=O) groups excluding carboxylic acids is 2. The molecule has 0 aliphatic rings. The number of halogens is 3. The Morgan fingerprint density at radius 2 is 1.76 bits per heavy atom. The summed E-state index contributed by atoms with van der Waals surface area (Å²) in [6, 6.07) is 9.97. The van der Waals surface area contributed by atoms with E-state index in [1.165, 1.54) is 6.07 Å². The number of carbonyl (C=O) groups is 2. The first-order valence-corrected chi connectivity index (χ1v) is 10.1. The molecule has 0 saturated carbocycles. The van der Waals surface area contributed by atoms with Crippen LogP contribution in [0.15, 0.2) is 40.9 Å². The zero-order valence-electron chi connectivity index (χ0n) is 15.1. The first-order chi connectivity index (χ1) is 13.7. The largest absolute Gasteiger partial charge is 0.484 e. The maximum Gasteiger partial charge on any atom is 0.276 e. The smallest absolute Gasteiger partial charge is 0.276 e. The van der Waals surface area contributed by atoms with E-state index in [9.17, 15) is 9.59 Å². The van der Waals surface area contributed by atoms with Crippen molar-refractivity contribution in [3.63, 3.8) is 0 Å². The number of hydrogen-bond acceptors (Lipinski definition) is 5. The number of rotatable bonds is 6. The van der Waals surface area contributed by atoms with E-state index in [1.807, 2.05) is 13.0 Å². The first-order valence-electron chi connectivity index (χ1n) is 8.10. The van der Waals surface area contributed by atoms with E-state index < -0.39 is 11.8 Å². The molecule has 3 N–H and O–H groups in total. The summed E-state index contributed by atoms with van der Waals surface area (Å²) in [5, 5.41) is 3.01. The molecule has 0 aliphatic carbocycles. The van der Waals surface area contributed by atoms with Crippen LogP contribution in [-0.4, -0.2) is 30.1 Å². The monoisotopic (exact) mass is 519 g/mol. The van der Waals surface area contributed by atoms with Gasteiger partial charge < -0.3 is 9.47 Å². The van der Waals surface area contributed by atoms with E-state index in [2.05, 4.69) is 32.1 Å². The summed E-state index contributed by atoms with van der Waals surface area (Å²) in [4.78, 5) is 23.6. The van der Waals surface area contributed by atoms with Crippen LogP contribution in [0.2, 0.25) is 10.0 Å².